The van der Waals surface area contributed by atoms with Gasteiger partial charge in [-0.15, -0.1) is 0 Å². The zero-order chi connectivity index (χ0) is 23.1. The van der Waals surface area contributed by atoms with Gasteiger partial charge in [-0.2, -0.15) is 0 Å². The first-order chi connectivity index (χ1) is 11.1. The number of phosphoric acid groups is 6. The van der Waals surface area contributed by atoms with Gasteiger partial charge in [-0.25, -0.2) is 0 Å². The molecule has 33 heteroatoms. The molecule has 0 aromatic heterocycles. The van der Waals surface area contributed by atoms with Crippen LogP contribution < -0.4 is 58.7 Å². The summed E-state index contributed by atoms with van der Waals surface area (Å²) in [6, 6.07) is 0. The Morgan fingerprint density at radius 3 is 0.333 bits per heavy atom. The van der Waals surface area contributed by atoms with Gasteiger partial charge in [-0.3, -0.25) is 0 Å². The first-order valence-electron chi connectivity index (χ1n) is 4.38. The van der Waals surface area contributed by atoms with Gasteiger partial charge in [0.05, 0.1) is 46.9 Å². The molecule has 0 aromatic carbocycles. The van der Waals surface area contributed by atoms with Crippen molar-refractivity contribution in [1.29, 1.82) is 0 Å². The van der Waals surface area contributed by atoms with Gasteiger partial charge in [-0.05, 0) is 0 Å². The molecule has 0 spiro atoms. The standard InChI is InChI=1S/6Ca.3H4O7P2/c;;;;;;3*1-8(2,3)7-9(4,5)6/h;;;;;;3*(H2,1,2,3)(H2,4,5,6)/q6*+2;;;/p-12. The molecule has 0 amide bonds. The van der Waals surface area contributed by atoms with Gasteiger partial charge in [0.1, 0.15) is 0 Å². The smallest absolute Gasteiger partial charge is 0.790 e. The van der Waals surface area contributed by atoms with Crippen LogP contribution >= 0.6 is 46.9 Å². The third-order valence-electron chi connectivity index (χ3n) is 0.600. The zero-order valence-electron chi connectivity index (χ0n) is 15.5. The summed E-state index contributed by atoms with van der Waals surface area (Å²) in [4.78, 5) is 112. The molecule has 0 radical (unpaired) electrons. The number of rotatable bonds is 6. The fourth-order valence-corrected chi connectivity index (χ4v) is 3.31. The van der Waals surface area contributed by atoms with Crippen LogP contribution in [0.5, 0.6) is 0 Å². The monoisotopic (exact) mass is 762 g/mol. The topological polar surface area (TPSA) is 407 Å². The van der Waals surface area contributed by atoms with Crippen molar-refractivity contribution in [3.8, 4) is 0 Å². The average Bonchev–Trinajstić information content (AvgIpc) is 1.96. The predicted molar refractivity (Wildman–Crippen MR) is 83.4 cm³/mol. The van der Waals surface area contributed by atoms with Gasteiger partial charge < -0.3 is 99.0 Å². The second-order valence-electron chi connectivity index (χ2n) is 2.93. The summed E-state index contributed by atoms with van der Waals surface area (Å²) in [6.45, 7) is 0. The van der Waals surface area contributed by atoms with E-state index in [-0.39, 0.29) is 226 Å². The Hall–Kier alpha value is 8.34. The molecule has 0 aliphatic heterocycles. The summed E-state index contributed by atoms with van der Waals surface area (Å²) in [7, 11) is -34.1. The molecule has 0 aromatic rings. The summed E-state index contributed by atoms with van der Waals surface area (Å²) in [5, 5.41) is 0. The average molecular weight is 762 g/mol. The van der Waals surface area contributed by atoms with Crippen LogP contribution in [0.15, 0.2) is 0 Å². The summed E-state index contributed by atoms with van der Waals surface area (Å²) in [5.74, 6) is 0. The molecule has 0 fully saturated rings. The molecule has 0 rings (SSSR count). The second-order valence-corrected chi connectivity index (χ2v) is 10.3. The summed E-state index contributed by atoms with van der Waals surface area (Å²) in [5.41, 5.74) is 0. The van der Waals surface area contributed by atoms with Crippen molar-refractivity contribution >= 4 is 273 Å². The first-order valence-corrected chi connectivity index (χ1v) is 13.1. The van der Waals surface area contributed by atoms with Crippen molar-refractivity contribution in [2.45, 2.75) is 0 Å². The molecule has 21 nitrogen and oxygen atoms in total. The van der Waals surface area contributed by atoms with Gasteiger partial charge in [0.15, 0.2) is 0 Å². The summed E-state index contributed by atoms with van der Waals surface area (Å²) in [6.07, 6.45) is 0. The number of hydrogen-bond acceptors (Lipinski definition) is 21. The van der Waals surface area contributed by atoms with E-state index >= 15 is 0 Å². The molecule has 33 heavy (non-hydrogen) atoms. The Morgan fingerprint density at radius 1 is 0.273 bits per heavy atom. The molecule has 0 N–H and O–H groups in total. The van der Waals surface area contributed by atoms with Crippen LogP contribution in [0.2, 0.25) is 0 Å². The maximum Gasteiger partial charge on any atom is 2.00 e. The van der Waals surface area contributed by atoms with Crippen molar-refractivity contribution < 1.29 is 99.0 Å². The molecule has 0 unspecified atom stereocenters. The fourth-order valence-electron chi connectivity index (χ4n) is 0.367. The molecule has 0 aliphatic carbocycles. The van der Waals surface area contributed by atoms with Crippen LogP contribution in [0.4, 0.5) is 0 Å². The van der Waals surface area contributed by atoms with Gasteiger partial charge >= 0.3 is 226 Å². The van der Waals surface area contributed by atoms with Crippen LogP contribution in [-0.2, 0) is 40.3 Å². The van der Waals surface area contributed by atoms with Crippen molar-refractivity contribution in [3.63, 3.8) is 0 Å². The quantitative estimate of drug-likeness (QED) is 0.179. The van der Waals surface area contributed by atoms with E-state index in [9.17, 15) is 86.1 Å². The van der Waals surface area contributed by atoms with Crippen LogP contribution in [0.25, 0.3) is 0 Å². The van der Waals surface area contributed by atoms with E-state index in [4.69, 9.17) is 0 Å². The maximum atomic E-state index is 9.32. The maximum absolute atomic E-state index is 9.32. The van der Waals surface area contributed by atoms with Crippen molar-refractivity contribution in [3.05, 3.63) is 0 Å². The minimum atomic E-state index is -5.68. The van der Waals surface area contributed by atoms with Gasteiger partial charge in [-0.1, -0.05) is 0 Å². The van der Waals surface area contributed by atoms with Gasteiger partial charge in [0.2, 0.25) is 0 Å². The van der Waals surface area contributed by atoms with Crippen molar-refractivity contribution in [1.82, 2.24) is 0 Å². The normalized spacial score (nSPS) is 11.3. The first kappa shape index (κ1) is 64.3. The predicted octanol–water partition coefficient (Wildman–Crippen LogP) is -12.3. The molecule has 168 valence electrons. The Kier molecular flexibility index (Phi) is 54.3. The third-order valence-corrected chi connectivity index (χ3v) is 5.40. The molecule has 0 saturated carbocycles. The zero-order valence-corrected chi connectivity index (χ0v) is 34.1. The van der Waals surface area contributed by atoms with Crippen LogP contribution in [0.1, 0.15) is 0 Å². The van der Waals surface area contributed by atoms with E-state index in [1.165, 1.54) is 0 Å². The Balaban J connectivity index is -0.0000000343. The molecule has 0 saturated heterocycles. The van der Waals surface area contributed by atoms with E-state index in [0.29, 0.717) is 0 Å². The SMILES string of the molecule is O=P([O-])([O-])OP(=O)([O-])[O-].O=P([O-])([O-])OP(=O)([O-])[O-].O=P([O-])([O-])OP(=O)([O-])[O-].[Ca+2].[Ca+2].[Ca+2].[Ca+2].[Ca+2].[Ca+2]. The summed E-state index contributed by atoms with van der Waals surface area (Å²) >= 11 is 0. The third kappa shape index (κ3) is 85.5. The molecular formula is Ca6O21P6. The van der Waals surface area contributed by atoms with Crippen LogP contribution in [-0.4, -0.2) is 226 Å². The van der Waals surface area contributed by atoms with Crippen LogP contribution in [0.3, 0.4) is 0 Å². The van der Waals surface area contributed by atoms with E-state index in [2.05, 4.69) is 12.9 Å². The van der Waals surface area contributed by atoms with Crippen LogP contribution in [0, 0.1) is 0 Å². The minimum absolute atomic E-state index is 0. The molecule has 0 atom stereocenters. The molecule has 0 bridgehead atoms. The largest absolute Gasteiger partial charge is 2.00 e. The van der Waals surface area contributed by atoms with E-state index in [1.54, 1.807) is 0 Å². The number of hydrogen-bond donors (Lipinski definition) is 0. The Labute approximate surface area is 363 Å². The fraction of sp³-hybridized carbons (Fsp3) is 0. The molecule has 0 heterocycles. The van der Waals surface area contributed by atoms with E-state index in [0.717, 1.165) is 0 Å². The minimum Gasteiger partial charge on any atom is -0.790 e. The van der Waals surface area contributed by atoms with Crippen molar-refractivity contribution in [2.75, 3.05) is 0 Å². The Morgan fingerprint density at radius 2 is 0.333 bits per heavy atom. The van der Waals surface area contributed by atoms with E-state index < -0.39 is 46.9 Å². The molecule has 0 aliphatic rings. The second kappa shape index (κ2) is 27.9. The van der Waals surface area contributed by atoms with Gasteiger partial charge in [0, 0.05) is 0 Å². The molecular weight excluding hydrogens is 762 g/mol. The summed E-state index contributed by atoms with van der Waals surface area (Å²) < 4.78 is 63.5. The Bertz CT molecular complexity index is 564. The van der Waals surface area contributed by atoms with Gasteiger partial charge in [0.25, 0.3) is 0 Å². The van der Waals surface area contributed by atoms with Crippen molar-refractivity contribution in [2.24, 2.45) is 0 Å². The van der Waals surface area contributed by atoms with E-state index in [1.807, 2.05) is 0 Å².